The van der Waals surface area contributed by atoms with Gasteiger partial charge in [0.2, 0.25) is 0 Å². The van der Waals surface area contributed by atoms with Gasteiger partial charge in [-0.25, -0.2) is 4.79 Å². The topological polar surface area (TPSA) is 84.9 Å². The highest BCUT2D eigenvalue weighted by Gasteiger charge is 2.30. The van der Waals surface area contributed by atoms with Crippen LogP contribution in [0.25, 0.3) is 5.76 Å². The van der Waals surface area contributed by atoms with E-state index in [4.69, 9.17) is 9.47 Å². The lowest BCUT2D eigenvalue weighted by Crippen LogP contribution is -2.47. The average Bonchev–Trinajstić information content (AvgIpc) is 3.18. The molecular formula is C22H23NO5. The molecule has 3 rings (SSSR count). The number of carboxylic acids is 1. The molecule has 6 heteroatoms. The molecule has 2 atom stereocenters. The van der Waals surface area contributed by atoms with Crippen LogP contribution in [0, 0.1) is 6.92 Å². The Morgan fingerprint density at radius 3 is 2.71 bits per heavy atom. The number of benzene rings is 2. The molecule has 0 aliphatic carbocycles. The summed E-state index contributed by atoms with van der Waals surface area (Å²) in [6, 6.07) is 16.1. The van der Waals surface area contributed by atoms with E-state index in [0.717, 1.165) is 16.7 Å². The van der Waals surface area contributed by atoms with Crippen LogP contribution in [-0.2, 0) is 25.7 Å². The molecule has 2 aromatic rings. The fourth-order valence-electron chi connectivity index (χ4n) is 2.92. The van der Waals surface area contributed by atoms with Gasteiger partial charge in [0, 0.05) is 12.0 Å². The number of nitrogens with one attached hydrogen (secondary N) is 1. The minimum Gasteiger partial charge on any atom is -0.480 e. The van der Waals surface area contributed by atoms with Crippen molar-refractivity contribution in [3.8, 4) is 0 Å². The van der Waals surface area contributed by atoms with Gasteiger partial charge in [-0.3, -0.25) is 4.79 Å². The highest BCUT2D eigenvalue weighted by atomic mass is 16.5. The second kappa shape index (κ2) is 9.19. The number of carboxylic acid groups (broad SMARTS) is 1. The molecule has 2 N–H and O–H groups in total. The van der Waals surface area contributed by atoms with E-state index in [0.29, 0.717) is 12.2 Å². The summed E-state index contributed by atoms with van der Waals surface area (Å²) in [5.74, 6) is -0.975. The van der Waals surface area contributed by atoms with Crippen molar-refractivity contribution in [2.75, 3.05) is 6.61 Å². The Morgan fingerprint density at radius 1 is 1.21 bits per heavy atom. The van der Waals surface area contributed by atoms with Crippen LogP contribution in [0.4, 0.5) is 0 Å². The summed E-state index contributed by atoms with van der Waals surface area (Å²) in [4.78, 5) is 23.9. The maximum absolute atomic E-state index is 12.4. The Kier molecular flexibility index (Phi) is 6.45. The lowest BCUT2D eigenvalue weighted by Gasteiger charge is -2.18. The van der Waals surface area contributed by atoms with Crippen molar-refractivity contribution in [2.45, 2.75) is 32.1 Å². The Labute approximate surface area is 163 Å². The number of carbonyl (C=O) groups excluding carboxylic acids is 1. The summed E-state index contributed by atoms with van der Waals surface area (Å²) >= 11 is 0. The molecule has 0 saturated heterocycles. The number of hydrogen-bond donors (Lipinski definition) is 2. The predicted octanol–water partition coefficient (Wildman–Crippen LogP) is 2.91. The number of aliphatic carboxylic acids is 1. The van der Waals surface area contributed by atoms with E-state index < -0.39 is 24.0 Å². The van der Waals surface area contributed by atoms with Gasteiger partial charge in [-0.15, -0.1) is 0 Å². The first-order valence-corrected chi connectivity index (χ1v) is 9.11. The number of ether oxygens (including phenoxy) is 2. The molecular weight excluding hydrogens is 358 g/mol. The zero-order valence-electron chi connectivity index (χ0n) is 15.6. The molecule has 1 amide bonds. The highest BCUT2D eigenvalue weighted by Crippen LogP contribution is 2.26. The van der Waals surface area contributed by atoms with Gasteiger partial charge >= 0.3 is 5.97 Å². The van der Waals surface area contributed by atoms with Gasteiger partial charge < -0.3 is 19.9 Å². The zero-order valence-corrected chi connectivity index (χ0v) is 15.6. The van der Waals surface area contributed by atoms with Crippen LogP contribution in [0.1, 0.15) is 23.1 Å². The highest BCUT2D eigenvalue weighted by molar-refractivity contribution is 5.88. The van der Waals surface area contributed by atoms with Crippen LogP contribution in [-0.4, -0.2) is 35.7 Å². The molecule has 0 radical (unpaired) electrons. The van der Waals surface area contributed by atoms with Crippen molar-refractivity contribution in [1.29, 1.82) is 0 Å². The third-order valence-corrected chi connectivity index (χ3v) is 4.39. The lowest BCUT2D eigenvalue weighted by atomic mass is 10.1. The minimum atomic E-state index is -1.15. The minimum absolute atomic E-state index is 0.124. The molecule has 28 heavy (non-hydrogen) atoms. The zero-order chi connectivity index (χ0) is 19.9. The monoisotopic (exact) mass is 381 g/mol. The maximum atomic E-state index is 12.4. The van der Waals surface area contributed by atoms with E-state index in [1.54, 1.807) is 0 Å². The van der Waals surface area contributed by atoms with Crippen molar-refractivity contribution in [2.24, 2.45) is 0 Å². The van der Waals surface area contributed by atoms with Gasteiger partial charge in [-0.05, 0) is 24.6 Å². The van der Waals surface area contributed by atoms with E-state index in [9.17, 15) is 14.7 Å². The third-order valence-electron chi connectivity index (χ3n) is 4.39. The van der Waals surface area contributed by atoms with Crippen LogP contribution in [0.15, 0.2) is 60.7 Å². The molecule has 0 spiro atoms. The number of amides is 1. The number of carbonyl (C=O) groups is 2. The Hall–Kier alpha value is -3.12. The molecule has 0 saturated carbocycles. The van der Waals surface area contributed by atoms with E-state index in [-0.39, 0.29) is 13.2 Å². The van der Waals surface area contributed by atoms with Gasteiger partial charge in [0.25, 0.3) is 5.91 Å². The standard InChI is InChI=1S/C22H23NO5/c1-15-6-5-9-17(12-15)19-10-11-20(28-19)21(24)23-18(22(25)26)14-27-13-16-7-3-2-4-8-16/h2-10,12,18,20H,11,13-14H2,1H3,(H,23,24)(H,25,26)/t18-,20?/m0/s1. The smallest absolute Gasteiger partial charge is 0.328 e. The Bertz CT molecular complexity index is 862. The number of hydrogen-bond acceptors (Lipinski definition) is 4. The van der Waals surface area contributed by atoms with Crippen molar-refractivity contribution in [3.63, 3.8) is 0 Å². The van der Waals surface area contributed by atoms with Crippen LogP contribution in [0.2, 0.25) is 0 Å². The summed E-state index contributed by atoms with van der Waals surface area (Å²) < 4.78 is 11.2. The fraction of sp³-hybridized carbons (Fsp3) is 0.273. The van der Waals surface area contributed by atoms with Crippen molar-refractivity contribution in [1.82, 2.24) is 5.32 Å². The SMILES string of the molecule is Cc1cccc(C2=CCC(C(=O)N[C@@H](COCc3ccccc3)C(=O)O)O2)c1. The van der Waals surface area contributed by atoms with Crippen LogP contribution >= 0.6 is 0 Å². The molecule has 1 unspecified atom stereocenters. The normalized spacial score (nSPS) is 16.8. The van der Waals surface area contributed by atoms with Crippen LogP contribution in [0.3, 0.4) is 0 Å². The summed E-state index contributed by atoms with van der Waals surface area (Å²) in [6.45, 7) is 2.14. The molecule has 0 aromatic heterocycles. The fourth-order valence-corrected chi connectivity index (χ4v) is 2.92. The molecule has 2 aromatic carbocycles. The molecule has 1 aliphatic heterocycles. The molecule has 1 heterocycles. The second-order valence-corrected chi connectivity index (χ2v) is 6.68. The predicted molar refractivity (Wildman–Crippen MR) is 104 cm³/mol. The quantitative estimate of drug-likeness (QED) is 0.734. The van der Waals surface area contributed by atoms with Crippen LogP contribution < -0.4 is 5.32 Å². The average molecular weight is 381 g/mol. The maximum Gasteiger partial charge on any atom is 0.328 e. The second-order valence-electron chi connectivity index (χ2n) is 6.68. The first kappa shape index (κ1) is 19.6. The van der Waals surface area contributed by atoms with E-state index in [1.807, 2.05) is 67.6 Å². The number of rotatable bonds is 8. The van der Waals surface area contributed by atoms with Crippen molar-refractivity contribution >= 4 is 17.6 Å². The molecule has 6 nitrogen and oxygen atoms in total. The van der Waals surface area contributed by atoms with E-state index >= 15 is 0 Å². The Balaban J connectivity index is 1.51. The van der Waals surface area contributed by atoms with Gasteiger partial charge in [0.05, 0.1) is 13.2 Å². The van der Waals surface area contributed by atoms with E-state index in [1.165, 1.54) is 0 Å². The van der Waals surface area contributed by atoms with Gasteiger partial charge in [0.1, 0.15) is 5.76 Å². The first-order chi connectivity index (χ1) is 13.5. The summed E-state index contributed by atoms with van der Waals surface area (Å²) in [7, 11) is 0. The van der Waals surface area contributed by atoms with Gasteiger partial charge in [-0.1, -0.05) is 54.1 Å². The summed E-state index contributed by atoms with van der Waals surface area (Å²) in [5.41, 5.74) is 2.93. The molecule has 0 fully saturated rings. The van der Waals surface area contributed by atoms with Gasteiger partial charge in [-0.2, -0.15) is 0 Å². The molecule has 146 valence electrons. The summed E-state index contributed by atoms with van der Waals surface area (Å²) in [6.07, 6.45) is 1.50. The number of aryl methyl sites for hydroxylation is 1. The third kappa shape index (κ3) is 5.20. The van der Waals surface area contributed by atoms with Crippen molar-refractivity contribution in [3.05, 3.63) is 77.4 Å². The van der Waals surface area contributed by atoms with Crippen molar-refractivity contribution < 1.29 is 24.2 Å². The molecule has 0 bridgehead atoms. The van der Waals surface area contributed by atoms with E-state index in [2.05, 4.69) is 5.32 Å². The van der Waals surface area contributed by atoms with Gasteiger partial charge in [0.15, 0.2) is 12.1 Å². The molecule has 1 aliphatic rings. The largest absolute Gasteiger partial charge is 0.480 e. The summed E-state index contributed by atoms with van der Waals surface area (Å²) in [5, 5.41) is 11.9. The lowest BCUT2D eigenvalue weighted by molar-refractivity contribution is -0.145. The Morgan fingerprint density at radius 2 is 2.00 bits per heavy atom. The van der Waals surface area contributed by atoms with Crippen LogP contribution in [0.5, 0.6) is 0 Å². The first-order valence-electron chi connectivity index (χ1n) is 9.11.